The van der Waals surface area contributed by atoms with Crippen molar-refractivity contribution in [1.82, 2.24) is 15.3 Å². The van der Waals surface area contributed by atoms with Crippen LogP contribution in [0.1, 0.15) is 31.9 Å². The standard InChI is InChI=1S/C26H25FN4O4/c1-25(2,3)13-34-23-10-19-21(11-29-23)35-20-7-6-16(17-5-4-8-28-24(17)27)9-18(20)26(19)14-33-12-22(31-26)30-15-32/h4-11,15H,12-14H2,1-3H3,(H,30,31,32). The molecule has 1 unspecified atom stereocenters. The molecule has 0 radical (unpaired) electrons. The number of amidine groups is 1. The minimum atomic E-state index is -1.07. The Morgan fingerprint density at radius 2 is 2.00 bits per heavy atom. The highest BCUT2D eigenvalue weighted by Crippen LogP contribution is 2.51. The van der Waals surface area contributed by atoms with E-state index in [0.29, 0.717) is 58.5 Å². The molecular weight excluding hydrogens is 451 g/mol. The van der Waals surface area contributed by atoms with Crippen LogP contribution in [0.25, 0.3) is 11.1 Å². The Labute approximate surface area is 202 Å². The second kappa shape index (κ2) is 8.74. The normalized spacial score (nSPS) is 18.7. The van der Waals surface area contributed by atoms with Crippen molar-refractivity contribution in [2.45, 2.75) is 26.3 Å². The minimum absolute atomic E-state index is 0.0613. The summed E-state index contributed by atoms with van der Waals surface area (Å²) in [5.41, 5.74) is 1.19. The van der Waals surface area contributed by atoms with E-state index in [0.717, 1.165) is 0 Å². The summed E-state index contributed by atoms with van der Waals surface area (Å²) < 4.78 is 32.6. The first-order chi connectivity index (χ1) is 16.8. The van der Waals surface area contributed by atoms with Gasteiger partial charge in [0.2, 0.25) is 18.2 Å². The van der Waals surface area contributed by atoms with Crippen LogP contribution in [0.2, 0.25) is 0 Å². The van der Waals surface area contributed by atoms with E-state index in [1.165, 1.54) is 6.20 Å². The molecule has 1 amide bonds. The van der Waals surface area contributed by atoms with Gasteiger partial charge in [-0.15, -0.1) is 0 Å². The molecule has 0 saturated carbocycles. The zero-order valence-corrected chi connectivity index (χ0v) is 19.7. The molecule has 3 aromatic rings. The summed E-state index contributed by atoms with van der Waals surface area (Å²) in [5, 5.41) is 2.62. The fraction of sp³-hybridized carbons (Fsp3) is 0.308. The van der Waals surface area contributed by atoms with Gasteiger partial charge in [0.25, 0.3) is 0 Å². The molecular formula is C26H25FN4O4. The lowest BCUT2D eigenvalue weighted by Gasteiger charge is -2.39. The van der Waals surface area contributed by atoms with E-state index in [9.17, 15) is 9.18 Å². The van der Waals surface area contributed by atoms with E-state index in [-0.39, 0.29) is 18.6 Å². The number of carbonyl (C=O) groups is 1. The second-order valence-electron chi connectivity index (χ2n) is 9.70. The van der Waals surface area contributed by atoms with Gasteiger partial charge in [0.05, 0.1) is 19.4 Å². The molecule has 8 nitrogen and oxygen atoms in total. The van der Waals surface area contributed by atoms with Gasteiger partial charge >= 0.3 is 0 Å². The summed E-state index contributed by atoms with van der Waals surface area (Å²) in [6.07, 6.45) is 3.57. The van der Waals surface area contributed by atoms with Gasteiger partial charge in [0.1, 0.15) is 23.7 Å². The molecule has 1 N–H and O–H groups in total. The first kappa shape index (κ1) is 22.9. The molecule has 1 aromatic carbocycles. The van der Waals surface area contributed by atoms with E-state index in [1.807, 2.05) is 6.07 Å². The lowest BCUT2D eigenvalue weighted by Crippen LogP contribution is -2.43. The Bertz CT molecular complexity index is 1320. The van der Waals surface area contributed by atoms with E-state index < -0.39 is 11.5 Å². The highest BCUT2D eigenvalue weighted by atomic mass is 19.1. The van der Waals surface area contributed by atoms with Crippen LogP contribution in [0.5, 0.6) is 17.4 Å². The number of nitrogens with zero attached hydrogens (tertiary/aromatic N) is 3. The third kappa shape index (κ3) is 4.35. The number of amides is 1. The molecule has 0 fully saturated rings. The zero-order valence-electron chi connectivity index (χ0n) is 19.7. The average molecular weight is 477 g/mol. The van der Waals surface area contributed by atoms with E-state index >= 15 is 0 Å². The number of rotatable bonds is 4. The Hall–Kier alpha value is -3.85. The largest absolute Gasteiger partial charge is 0.477 e. The Morgan fingerprint density at radius 3 is 2.77 bits per heavy atom. The summed E-state index contributed by atoms with van der Waals surface area (Å²) in [6, 6.07) is 10.5. The van der Waals surface area contributed by atoms with Crippen LogP contribution < -0.4 is 14.8 Å². The minimum Gasteiger partial charge on any atom is -0.477 e. The number of hydrogen-bond acceptors (Lipinski definition) is 7. The molecule has 0 bridgehead atoms. The number of aromatic nitrogens is 2. The highest BCUT2D eigenvalue weighted by molar-refractivity contribution is 5.92. The summed E-state index contributed by atoms with van der Waals surface area (Å²) in [5.74, 6) is 1.26. The Kier molecular flexibility index (Phi) is 5.72. The number of nitrogens with one attached hydrogen (secondary N) is 1. The van der Waals surface area contributed by atoms with Gasteiger partial charge in [0, 0.05) is 29.0 Å². The molecule has 0 saturated heterocycles. The summed E-state index contributed by atoms with van der Waals surface area (Å²) in [7, 11) is 0. The van der Waals surface area contributed by atoms with Crippen LogP contribution >= 0.6 is 0 Å². The van der Waals surface area contributed by atoms with Crippen LogP contribution in [-0.4, -0.2) is 42.0 Å². The lowest BCUT2D eigenvalue weighted by atomic mass is 9.80. The predicted octanol–water partition coefficient (Wildman–Crippen LogP) is 4.23. The van der Waals surface area contributed by atoms with Gasteiger partial charge < -0.3 is 19.5 Å². The smallest absolute Gasteiger partial charge is 0.220 e. The lowest BCUT2D eigenvalue weighted by molar-refractivity contribution is -0.108. The summed E-state index contributed by atoms with van der Waals surface area (Å²) in [4.78, 5) is 24.3. The number of fused-ring (bicyclic) bond motifs is 4. The summed E-state index contributed by atoms with van der Waals surface area (Å²) in [6.45, 7) is 7.01. The molecule has 1 atom stereocenters. The third-order valence-electron chi connectivity index (χ3n) is 5.76. The quantitative estimate of drug-likeness (QED) is 0.447. The van der Waals surface area contributed by atoms with Gasteiger partial charge in [-0.3, -0.25) is 9.79 Å². The van der Waals surface area contributed by atoms with Crippen LogP contribution in [0.4, 0.5) is 4.39 Å². The first-order valence-corrected chi connectivity index (χ1v) is 11.2. The van der Waals surface area contributed by atoms with Gasteiger partial charge in [0.15, 0.2) is 5.75 Å². The number of carbonyl (C=O) groups excluding carboxylic acids is 1. The van der Waals surface area contributed by atoms with Crippen molar-refractivity contribution < 1.29 is 23.4 Å². The molecule has 2 aromatic heterocycles. The monoisotopic (exact) mass is 476 g/mol. The maximum absolute atomic E-state index is 14.5. The van der Waals surface area contributed by atoms with Crippen molar-refractivity contribution in [3.63, 3.8) is 0 Å². The average Bonchev–Trinajstić information content (AvgIpc) is 2.83. The molecule has 9 heteroatoms. The molecule has 180 valence electrons. The molecule has 2 aliphatic heterocycles. The van der Waals surface area contributed by atoms with E-state index in [1.54, 1.807) is 36.5 Å². The molecule has 35 heavy (non-hydrogen) atoms. The van der Waals surface area contributed by atoms with Gasteiger partial charge in [-0.25, -0.2) is 9.97 Å². The molecule has 0 aliphatic carbocycles. The maximum Gasteiger partial charge on any atom is 0.220 e. The molecule has 2 aliphatic rings. The van der Waals surface area contributed by atoms with Crippen molar-refractivity contribution in [2.24, 2.45) is 10.4 Å². The first-order valence-electron chi connectivity index (χ1n) is 11.2. The molecule has 1 spiro atoms. The Balaban J connectivity index is 1.68. The van der Waals surface area contributed by atoms with Crippen LogP contribution in [0.3, 0.4) is 0 Å². The summed E-state index contributed by atoms with van der Waals surface area (Å²) >= 11 is 0. The van der Waals surface area contributed by atoms with Crippen molar-refractivity contribution in [1.29, 1.82) is 0 Å². The third-order valence-corrected chi connectivity index (χ3v) is 5.76. The fourth-order valence-electron chi connectivity index (χ4n) is 4.18. The van der Waals surface area contributed by atoms with Crippen molar-refractivity contribution in [2.75, 3.05) is 19.8 Å². The van der Waals surface area contributed by atoms with Crippen molar-refractivity contribution in [3.05, 3.63) is 65.9 Å². The number of aliphatic imine (C=N–C) groups is 1. The highest BCUT2D eigenvalue weighted by Gasteiger charge is 2.45. The predicted molar refractivity (Wildman–Crippen MR) is 127 cm³/mol. The Morgan fingerprint density at radius 1 is 1.17 bits per heavy atom. The number of hydrogen-bond donors (Lipinski definition) is 1. The second-order valence-corrected chi connectivity index (χ2v) is 9.70. The van der Waals surface area contributed by atoms with Gasteiger partial charge in [-0.05, 0) is 35.2 Å². The van der Waals surface area contributed by atoms with Crippen LogP contribution in [-0.2, 0) is 15.1 Å². The van der Waals surface area contributed by atoms with Crippen LogP contribution in [0.15, 0.2) is 53.8 Å². The van der Waals surface area contributed by atoms with Crippen molar-refractivity contribution >= 4 is 12.2 Å². The number of halogens is 1. The fourth-order valence-corrected chi connectivity index (χ4v) is 4.18. The van der Waals surface area contributed by atoms with Crippen molar-refractivity contribution in [3.8, 4) is 28.5 Å². The SMILES string of the molecule is CC(C)(C)COc1cc2c(cn1)Oc1ccc(-c3cccnc3F)cc1C21COCC(NC=O)=N1. The molecule has 4 heterocycles. The van der Waals surface area contributed by atoms with Crippen LogP contribution in [0, 0.1) is 11.4 Å². The van der Waals surface area contributed by atoms with E-state index in [4.69, 9.17) is 19.2 Å². The van der Waals surface area contributed by atoms with Gasteiger partial charge in [-0.2, -0.15) is 4.39 Å². The number of benzene rings is 1. The zero-order chi connectivity index (χ0) is 24.6. The number of pyridine rings is 2. The topological polar surface area (TPSA) is 94.9 Å². The molecule has 5 rings (SSSR count). The van der Waals surface area contributed by atoms with E-state index in [2.05, 4.69) is 36.1 Å². The van der Waals surface area contributed by atoms with Gasteiger partial charge in [-0.1, -0.05) is 26.8 Å². The maximum atomic E-state index is 14.5. The number of ether oxygens (including phenoxy) is 3.